The molecule has 0 radical (unpaired) electrons. The van der Waals surface area contributed by atoms with E-state index in [1.807, 2.05) is 36.4 Å². The summed E-state index contributed by atoms with van der Waals surface area (Å²) in [6.07, 6.45) is 0.316. The Morgan fingerprint density at radius 2 is 1.65 bits per heavy atom. The predicted octanol–water partition coefficient (Wildman–Crippen LogP) is 3.06. The van der Waals surface area contributed by atoms with Crippen molar-refractivity contribution in [2.24, 2.45) is 0 Å². The summed E-state index contributed by atoms with van der Waals surface area (Å²) in [6, 6.07) is 17.2. The highest BCUT2D eigenvalue weighted by Gasteiger charge is 2.00. The molecule has 1 N–H and O–H groups in total. The van der Waals surface area contributed by atoms with Crippen LogP contribution in [0.25, 0.3) is 0 Å². The molecule has 20 heavy (non-hydrogen) atoms. The number of aliphatic hydroxyl groups excluding tert-OH is 1. The Morgan fingerprint density at radius 1 is 1.05 bits per heavy atom. The first-order valence-electron chi connectivity index (χ1n) is 6.56. The molecule has 2 aromatic carbocycles. The number of benzene rings is 2. The van der Waals surface area contributed by atoms with Crippen LogP contribution in [0.1, 0.15) is 23.6 Å². The van der Waals surface area contributed by atoms with Crippen LogP contribution in [0, 0.1) is 11.3 Å². The Bertz CT molecular complexity index is 580. The minimum atomic E-state index is -0.333. The van der Waals surface area contributed by atoms with Gasteiger partial charge in [0.2, 0.25) is 0 Å². The third-order valence-electron chi connectivity index (χ3n) is 2.94. The molecule has 0 amide bonds. The van der Waals surface area contributed by atoms with E-state index in [1.54, 1.807) is 19.1 Å². The topological polar surface area (TPSA) is 53.2 Å². The summed E-state index contributed by atoms with van der Waals surface area (Å²) in [5, 5.41) is 18.0. The van der Waals surface area contributed by atoms with Crippen LogP contribution in [0.15, 0.2) is 48.5 Å². The van der Waals surface area contributed by atoms with Gasteiger partial charge in [0, 0.05) is 0 Å². The molecule has 0 saturated carbocycles. The Hall–Kier alpha value is -2.31. The second-order valence-electron chi connectivity index (χ2n) is 4.79. The molecule has 0 aliphatic carbocycles. The van der Waals surface area contributed by atoms with Gasteiger partial charge in [-0.15, -0.1) is 0 Å². The van der Waals surface area contributed by atoms with E-state index in [4.69, 9.17) is 10.00 Å². The van der Waals surface area contributed by atoms with Crippen LogP contribution in [0.4, 0.5) is 0 Å². The number of nitrogens with zero attached hydrogens (tertiary/aromatic N) is 1. The van der Waals surface area contributed by atoms with Crippen LogP contribution in [0.3, 0.4) is 0 Å². The maximum Gasteiger partial charge on any atom is 0.119 e. The number of ether oxygens (including phenoxy) is 1. The van der Waals surface area contributed by atoms with Crippen LogP contribution < -0.4 is 4.74 Å². The van der Waals surface area contributed by atoms with Gasteiger partial charge in [-0.3, -0.25) is 0 Å². The van der Waals surface area contributed by atoms with Crippen molar-refractivity contribution in [2.75, 3.05) is 0 Å². The molecule has 102 valence electrons. The highest BCUT2D eigenvalue weighted by atomic mass is 16.5. The fourth-order valence-corrected chi connectivity index (χ4v) is 1.91. The van der Waals surface area contributed by atoms with Gasteiger partial charge in [0.25, 0.3) is 0 Å². The second kappa shape index (κ2) is 6.74. The van der Waals surface area contributed by atoms with Gasteiger partial charge in [-0.25, -0.2) is 0 Å². The molecule has 2 rings (SSSR count). The minimum Gasteiger partial charge on any atom is -0.489 e. The molecule has 3 nitrogen and oxygen atoms in total. The Kier molecular flexibility index (Phi) is 4.75. The number of hydrogen-bond donors (Lipinski definition) is 1. The lowest BCUT2D eigenvalue weighted by Crippen LogP contribution is -2.03. The van der Waals surface area contributed by atoms with E-state index < -0.39 is 0 Å². The van der Waals surface area contributed by atoms with Gasteiger partial charge in [0.1, 0.15) is 12.4 Å². The van der Waals surface area contributed by atoms with Crippen LogP contribution in [-0.4, -0.2) is 11.2 Å². The number of rotatable bonds is 5. The van der Waals surface area contributed by atoms with Crippen LogP contribution in [0.5, 0.6) is 5.75 Å². The monoisotopic (exact) mass is 267 g/mol. The lowest BCUT2D eigenvalue weighted by atomic mass is 10.1. The van der Waals surface area contributed by atoms with E-state index in [2.05, 4.69) is 6.07 Å². The number of nitriles is 1. The molecular weight excluding hydrogens is 250 g/mol. The van der Waals surface area contributed by atoms with Crippen LogP contribution >= 0.6 is 0 Å². The zero-order valence-corrected chi connectivity index (χ0v) is 11.4. The minimum absolute atomic E-state index is 0.333. The summed E-state index contributed by atoms with van der Waals surface area (Å²) in [4.78, 5) is 0. The van der Waals surface area contributed by atoms with Gasteiger partial charge in [-0.05, 0) is 48.7 Å². The van der Waals surface area contributed by atoms with Gasteiger partial charge in [-0.2, -0.15) is 5.26 Å². The molecule has 0 bridgehead atoms. The molecule has 0 aliphatic rings. The van der Waals surface area contributed by atoms with Crippen molar-refractivity contribution in [3.8, 4) is 11.8 Å². The smallest absolute Gasteiger partial charge is 0.119 e. The summed E-state index contributed by atoms with van der Waals surface area (Å²) < 4.78 is 5.68. The van der Waals surface area contributed by atoms with Crippen molar-refractivity contribution >= 4 is 0 Å². The van der Waals surface area contributed by atoms with Gasteiger partial charge < -0.3 is 9.84 Å². The van der Waals surface area contributed by atoms with E-state index in [0.717, 1.165) is 16.9 Å². The first kappa shape index (κ1) is 14.1. The third-order valence-corrected chi connectivity index (χ3v) is 2.94. The summed E-state index contributed by atoms with van der Waals surface area (Å²) in [5.74, 6) is 0.795. The number of aliphatic hydroxyl groups is 1. The summed E-state index contributed by atoms with van der Waals surface area (Å²) >= 11 is 0. The maximum absolute atomic E-state index is 9.32. The van der Waals surface area contributed by atoms with Crippen LogP contribution in [-0.2, 0) is 13.0 Å². The predicted molar refractivity (Wildman–Crippen MR) is 77.3 cm³/mol. The van der Waals surface area contributed by atoms with E-state index in [1.165, 1.54) is 0 Å². The molecular formula is C17H17NO2. The molecule has 3 heteroatoms. The zero-order chi connectivity index (χ0) is 14.4. The van der Waals surface area contributed by atoms with Crippen LogP contribution in [0.2, 0.25) is 0 Å². The van der Waals surface area contributed by atoms with Gasteiger partial charge in [0.05, 0.1) is 17.7 Å². The van der Waals surface area contributed by atoms with Crippen molar-refractivity contribution in [3.05, 3.63) is 65.2 Å². The lowest BCUT2D eigenvalue weighted by molar-refractivity contribution is 0.195. The molecule has 2 aromatic rings. The Balaban J connectivity index is 1.91. The quantitative estimate of drug-likeness (QED) is 0.905. The van der Waals surface area contributed by atoms with Gasteiger partial charge in [0.15, 0.2) is 0 Å². The van der Waals surface area contributed by atoms with Gasteiger partial charge in [-0.1, -0.05) is 24.3 Å². The summed E-state index contributed by atoms with van der Waals surface area (Å²) in [6.45, 7) is 2.25. The molecule has 1 atom stereocenters. The number of hydrogen-bond acceptors (Lipinski definition) is 3. The fourth-order valence-electron chi connectivity index (χ4n) is 1.91. The average Bonchev–Trinajstić information content (AvgIpc) is 2.46. The lowest BCUT2D eigenvalue weighted by Gasteiger charge is -2.08. The van der Waals surface area contributed by atoms with E-state index >= 15 is 0 Å². The van der Waals surface area contributed by atoms with Gasteiger partial charge >= 0.3 is 0 Å². The summed E-state index contributed by atoms with van der Waals surface area (Å²) in [7, 11) is 0. The van der Waals surface area contributed by atoms with Crippen molar-refractivity contribution in [2.45, 2.75) is 26.1 Å². The second-order valence-corrected chi connectivity index (χ2v) is 4.79. The van der Waals surface area contributed by atoms with E-state index in [-0.39, 0.29) is 6.10 Å². The Labute approximate surface area is 119 Å². The molecule has 0 spiro atoms. The van der Waals surface area contributed by atoms with Crippen molar-refractivity contribution in [1.29, 1.82) is 5.26 Å². The molecule has 0 saturated heterocycles. The third kappa shape index (κ3) is 4.11. The largest absolute Gasteiger partial charge is 0.489 e. The highest BCUT2D eigenvalue weighted by molar-refractivity contribution is 5.32. The molecule has 0 fully saturated rings. The fraction of sp³-hybridized carbons (Fsp3) is 0.235. The SMILES string of the molecule is CC(O)Cc1ccc(OCc2ccc(C#N)cc2)cc1. The molecule has 0 aliphatic heterocycles. The van der Waals surface area contributed by atoms with Crippen molar-refractivity contribution < 1.29 is 9.84 Å². The maximum atomic E-state index is 9.32. The highest BCUT2D eigenvalue weighted by Crippen LogP contribution is 2.15. The zero-order valence-electron chi connectivity index (χ0n) is 11.4. The molecule has 1 unspecified atom stereocenters. The molecule has 0 heterocycles. The Morgan fingerprint density at radius 3 is 2.20 bits per heavy atom. The normalized spacial score (nSPS) is 11.7. The average molecular weight is 267 g/mol. The first-order valence-corrected chi connectivity index (χ1v) is 6.56. The van der Waals surface area contributed by atoms with E-state index in [0.29, 0.717) is 18.6 Å². The van der Waals surface area contributed by atoms with Crippen molar-refractivity contribution in [1.82, 2.24) is 0 Å². The van der Waals surface area contributed by atoms with E-state index in [9.17, 15) is 5.11 Å². The standard InChI is InChI=1S/C17H17NO2/c1-13(19)10-14-6-8-17(9-7-14)20-12-16-4-2-15(11-18)3-5-16/h2-9,13,19H,10,12H2,1H3. The first-order chi connectivity index (χ1) is 9.67. The molecule has 0 aromatic heterocycles. The summed E-state index contributed by atoms with van der Waals surface area (Å²) in [5.41, 5.74) is 2.76. The van der Waals surface area contributed by atoms with Crippen molar-refractivity contribution in [3.63, 3.8) is 0 Å².